The highest BCUT2D eigenvalue weighted by Crippen LogP contribution is 1.99. The number of carbonyl (C=O) groups is 1. The summed E-state index contributed by atoms with van der Waals surface area (Å²) in [6.45, 7) is 1.94. The molecule has 1 amide bonds. The van der Waals surface area contributed by atoms with Gasteiger partial charge in [-0.25, -0.2) is 0 Å². The second-order valence-electron chi connectivity index (χ2n) is 3.43. The van der Waals surface area contributed by atoms with Crippen LogP contribution in [-0.2, 0) is 0 Å². The van der Waals surface area contributed by atoms with Crippen LogP contribution >= 0.6 is 0 Å². The number of amides is 1. The molecular formula is C12H14N2O2. The topological polar surface area (TPSA) is 62.0 Å². The van der Waals surface area contributed by atoms with E-state index in [2.05, 4.69) is 16.2 Å². The van der Waals surface area contributed by atoms with Gasteiger partial charge in [-0.3, -0.25) is 9.59 Å². The van der Waals surface area contributed by atoms with Gasteiger partial charge in [0.25, 0.3) is 5.91 Å². The third-order valence-corrected chi connectivity index (χ3v) is 2.23. The Kier molecular flexibility index (Phi) is 4.34. The average molecular weight is 218 g/mol. The van der Waals surface area contributed by atoms with Gasteiger partial charge in [-0.05, 0) is 12.5 Å². The quantitative estimate of drug-likeness (QED) is 0.738. The summed E-state index contributed by atoms with van der Waals surface area (Å²) in [4.78, 5) is 25.2. The Bertz CT molecular complexity index is 457. The van der Waals surface area contributed by atoms with Crippen molar-refractivity contribution < 1.29 is 4.79 Å². The van der Waals surface area contributed by atoms with E-state index < -0.39 is 0 Å². The lowest BCUT2D eigenvalue weighted by molar-refractivity contribution is 0.0936. The van der Waals surface area contributed by atoms with E-state index in [0.717, 1.165) is 6.42 Å². The maximum atomic E-state index is 11.7. The summed E-state index contributed by atoms with van der Waals surface area (Å²) in [5, 5.41) is 2.78. The van der Waals surface area contributed by atoms with Crippen molar-refractivity contribution in [2.24, 2.45) is 0 Å². The number of aromatic amines is 1. The maximum Gasteiger partial charge on any atom is 0.251 e. The number of terminal acetylenes is 1. The number of hydrogen-bond donors (Lipinski definition) is 2. The molecule has 4 nitrogen and oxygen atoms in total. The van der Waals surface area contributed by atoms with Gasteiger partial charge >= 0.3 is 0 Å². The van der Waals surface area contributed by atoms with Gasteiger partial charge in [0.05, 0.1) is 0 Å². The molecule has 0 saturated heterocycles. The fourth-order valence-electron chi connectivity index (χ4n) is 1.29. The summed E-state index contributed by atoms with van der Waals surface area (Å²) >= 11 is 0. The fraction of sp³-hybridized carbons (Fsp3) is 0.333. The molecule has 4 heteroatoms. The van der Waals surface area contributed by atoms with Gasteiger partial charge in [0, 0.05) is 30.3 Å². The zero-order valence-electron chi connectivity index (χ0n) is 9.12. The summed E-state index contributed by atoms with van der Waals surface area (Å²) in [5.41, 5.74) is 0.0527. The molecule has 16 heavy (non-hydrogen) atoms. The van der Waals surface area contributed by atoms with Crippen molar-refractivity contribution in [3.8, 4) is 12.3 Å². The number of pyridine rings is 1. The molecule has 0 aliphatic rings. The van der Waals surface area contributed by atoms with E-state index in [-0.39, 0.29) is 17.5 Å². The summed E-state index contributed by atoms with van der Waals surface area (Å²) in [6, 6.07) is 2.77. The van der Waals surface area contributed by atoms with Crippen molar-refractivity contribution in [1.29, 1.82) is 0 Å². The van der Waals surface area contributed by atoms with E-state index in [1.54, 1.807) is 6.07 Å². The molecular weight excluding hydrogens is 204 g/mol. The Labute approximate surface area is 94.1 Å². The number of hydrogen-bond acceptors (Lipinski definition) is 2. The van der Waals surface area contributed by atoms with Crippen molar-refractivity contribution in [3.05, 3.63) is 34.2 Å². The molecule has 2 N–H and O–H groups in total. The van der Waals surface area contributed by atoms with Gasteiger partial charge in [-0.15, -0.1) is 12.3 Å². The van der Waals surface area contributed by atoms with Crippen molar-refractivity contribution in [2.45, 2.75) is 25.8 Å². The summed E-state index contributed by atoms with van der Waals surface area (Å²) in [7, 11) is 0. The first-order valence-electron chi connectivity index (χ1n) is 5.10. The minimum atomic E-state index is -0.294. The summed E-state index contributed by atoms with van der Waals surface area (Å²) in [6.07, 6.45) is 7.89. The average Bonchev–Trinajstić information content (AvgIpc) is 2.28. The number of carbonyl (C=O) groups excluding carboxylic acids is 1. The Morgan fingerprint density at radius 1 is 1.69 bits per heavy atom. The zero-order chi connectivity index (χ0) is 12.0. The molecule has 1 heterocycles. The van der Waals surface area contributed by atoms with Gasteiger partial charge < -0.3 is 10.3 Å². The van der Waals surface area contributed by atoms with Crippen LogP contribution in [0.5, 0.6) is 0 Å². The van der Waals surface area contributed by atoms with Crippen LogP contribution in [0.25, 0.3) is 0 Å². The second kappa shape index (κ2) is 5.76. The summed E-state index contributed by atoms with van der Waals surface area (Å²) < 4.78 is 0. The van der Waals surface area contributed by atoms with Crippen LogP contribution in [0.1, 0.15) is 30.1 Å². The van der Waals surface area contributed by atoms with Crippen molar-refractivity contribution in [3.63, 3.8) is 0 Å². The van der Waals surface area contributed by atoms with Crippen LogP contribution in [0.3, 0.4) is 0 Å². The first-order chi connectivity index (χ1) is 7.67. The first kappa shape index (κ1) is 12.1. The molecule has 0 saturated carbocycles. The van der Waals surface area contributed by atoms with E-state index in [1.807, 2.05) is 6.92 Å². The fourth-order valence-corrected chi connectivity index (χ4v) is 1.29. The smallest absolute Gasteiger partial charge is 0.251 e. The van der Waals surface area contributed by atoms with E-state index in [0.29, 0.717) is 12.0 Å². The molecule has 84 valence electrons. The van der Waals surface area contributed by atoms with Gasteiger partial charge in [-0.2, -0.15) is 0 Å². The lowest BCUT2D eigenvalue weighted by atomic mass is 10.1. The van der Waals surface area contributed by atoms with E-state index >= 15 is 0 Å². The lowest BCUT2D eigenvalue weighted by Crippen LogP contribution is -2.34. The highest BCUT2D eigenvalue weighted by atomic mass is 16.2. The van der Waals surface area contributed by atoms with E-state index in [1.165, 1.54) is 12.3 Å². The van der Waals surface area contributed by atoms with Crippen LogP contribution in [0.4, 0.5) is 0 Å². The lowest BCUT2D eigenvalue weighted by Gasteiger charge is -2.13. The largest absolute Gasteiger partial charge is 0.348 e. The molecule has 1 unspecified atom stereocenters. The van der Waals surface area contributed by atoms with Gasteiger partial charge in [0.2, 0.25) is 5.56 Å². The zero-order valence-corrected chi connectivity index (χ0v) is 9.12. The molecule has 0 aromatic carbocycles. The molecule has 0 spiro atoms. The predicted molar refractivity (Wildman–Crippen MR) is 62.1 cm³/mol. The highest BCUT2D eigenvalue weighted by molar-refractivity contribution is 5.94. The monoisotopic (exact) mass is 218 g/mol. The maximum absolute atomic E-state index is 11.7. The summed E-state index contributed by atoms with van der Waals surface area (Å²) in [5.74, 6) is 2.23. The highest BCUT2D eigenvalue weighted by Gasteiger charge is 2.11. The molecule has 0 bridgehead atoms. The van der Waals surface area contributed by atoms with Crippen LogP contribution < -0.4 is 10.9 Å². The number of nitrogens with one attached hydrogen (secondary N) is 2. The van der Waals surface area contributed by atoms with E-state index in [4.69, 9.17) is 6.42 Å². The molecule has 0 aliphatic heterocycles. The number of aromatic nitrogens is 1. The van der Waals surface area contributed by atoms with Crippen LogP contribution in [0.2, 0.25) is 0 Å². The molecule has 0 fully saturated rings. The Balaban J connectivity index is 2.72. The Morgan fingerprint density at radius 2 is 2.44 bits per heavy atom. The predicted octanol–water partition coefficient (Wildman–Crippen LogP) is 0.907. The molecule has 1 atom stereocenters. The van der Waals surface area contributed by atoms with Gasteiger partial charge in [0.15, 0.2) is 0 Å². The first-order valence-corrected chi connectivity index (χ1v) is 5.10. The SMILES string of the molecule is C#CCC(CC)NC(=O)c1cc[nH]c(=O)c1. The number of H-pyrrole nitrogens is 1. The third kappa shape index (κ3) is 3.28. The standard InChI is InChI=1S/C12H14N2O2/c1-3-5-10(4-2)14-12(16)9-6-7-13-11(15)8-9/h1,6-8,10H,4-5H2,2H3,(H,13,15)(H,14,16). The molecule has 1 aromatic heterocycles. The van der Waals surface area contributed by atoms with Crippen LogP contribution in [-0.4, -0.2) is 16.9 Å². The van der Waals surface area contributed by atoms with Gasteiger partial charge in [0.1, 0.15) is 0 Å². The minimum absolute atomic E-state index is 0.0446. The van der Waals surface area contributed by atoms with Crippen molar-refractivity contribution >= 4 is 5.91 Å². The molecule has 1 rings (SSSR count). The minimum Gasteiger partial charge on any atom is -0.348 e. The van der Waals surface area contributed by atoms with E-state index in [9.17, 15) is 9.59 Å². The van der Waals surface area contributed by atoms with Crippen molar-refractivity contribution in [2.75, 3.05) is 0 Å². The Hall–Kier alpha value is -2.02. The number of rotatable bonds is 4. The molecule has 1 aromatic rings. The third-order valence-electron chi connectivity index (χ3n) is 2.23. The molecule has 0 radical (unpaired) electrons. The van der Waals surface area contributed by atoms with Crippen LogP contribution in [0, 0.1) is 12.3 Å². The van der Waals surface area contributed by atoms with Crippen molar-refractivity contribution in [1.82, 2.24) is 10.3 Å². The van der Waals surface area contributed by atoms with Crippen LogP contribution in [0.15, 0.2) is 23.1 Å². The normalized spacial score (nSPS) is 11.5. The molecule has 0 aliphatic carbocycles. The second-order valence-corrected chi connectivity index (χ2v) is 3.43. The Morgan fingerprint density at radius 3 is 3.00 bits per heavy atom. The van der Waals surface area contributed by atoms with Gasteiger partial charge in [-0.1, -0.05) is 6.92 Å².